The van der Waals surface area contributed by atoms with Crippen molar-refractivity contribution in [3.05, 3.63) is 53.2 Å². The van der Waals surface area contributed by atoms with Gasteiger partial charge >= 0.3 is 0 Å². The van der Waals surface area contributed by atoms with Crippen molar-refractivity contribution >= 4 is 18.0 Å². The standard InChI is InChI=1S/C17H16N4O4/c1-10-8-11(24-2)5-6-12(10)16(22)19-9-14-20-15(21-25-14)13-4-3-7-18-17(13)23/h3-8,13H,9H2,1-2H3,(H,19,22). The molecule has 1 aromatic heterocycles. The Morgan fingerprint density at radius 2 is 2.24 bits per heavy atom. The highest BCUT2D eigenvalue weighted by atomic mass is 16.5. The topological polar surface area (TPSA) is 107 Å². The van der Waals surface area contributed by atoms with Gasteiger partial charge in [-0.25, -0.2) is 4.99 Å². The van der Waals surface area contributed by atoms with Crippen LogP contribution in [0.2, 0.25) is 0 Å². The lowest BCUT2D eigenvalue weighted by Crippen LogP contribution is -2.23. The quantitative estimate of drug-likeness (QED) is 0.885. The predicted molar refractivity (Wildman–Crippen MR) is 88.6 cm³/mol. The van der Waals surface area contributed by atoms with Crippen LogP contribution in [0.3, 0.4) is 0 Å². The van der Waals surface area contributed by atoms with E-state index in [1.54, 1.807) is 37.5 Å². The average Bonchev–Trinajstić information content (AvgIpc) is 3.08. The predicted octanol–water partition coefficient (Wildman–Crippen LogP) is 1.57. The zero-order chi connectivity index (χ0) is 17.8. The maximum Gasteiger partial charge on any atom is 0.260 e. The lowest BCUT2D eigenvalue weighted by atomic mass is 10.1. The van der Waals surface area contributed by atoms with E-state index in [-0.39, 0.29) is 30.1 Å². The summed E-state index contributed by atoms with van der Waals surface area (Å²) in [6.45, 7) is 1.88. The van der Waals surface area contributed by atoms with Crippen LogP contribution in [0.25, 0.3) is 0 Å². The number of aryl methyl sites for hydroxylation is 1. The molecule has 0 spiro atoms. The van der Waals surface area contributed by atoms with Crippen LogP contribution in [0.1, 0.15) is 33.6 Å². The first-order chi connectivity index (χ1) is 12.1. The van der Waals surface area contributed by atoms with E-state index >= 15 is 0 Å². The first-order valence-electron chi connectivity index (χ1n) is 7.58. The van der Waals surface area contributed by atoms with E-state index in [0.29, 0.717) is 11.3 Å². The molecule has 1 aliphatic rings. The third-order valence-corrected chi connectivity index (χ3v) is 3.70. The number of allylic oxidation sites excluding steroid dienone is 1. The van der Waals surface area contributed by atoms with Crippen molar-refractivity contribution < 1.29 is 18.8 Å². The number of aliphatic imine (C=N–C) groups is 1. The minimum atomic E-state index is -0.651. The number of carbonyl (C=O) groups excluding carboxylic acids is 2. The molecule has 0 saturated carbocycles. The van der Waals surface area contributed by atoms with E-state index in [1.807, 2.05) is 6.92 Å². The van der Waals surface area contributed by atoms with Gasteiger partial charge in [-0.05, 0) is 36.8 Å². The first-order valence-corrected chi connectivity index (χ1v) is 7.58. The largest absolute Gasteiger partial charge is 0.497 e. The van der Waals surface area contributed by atoms with E-state index in [4.69, 9.17) is 9.26 Å². The summed E-state index contributed by atoms with van der Waals surface area (Å²) in [5.74, 6) is -0.149. The summed E-state index contributed by atoms with van der Waals surface area (Å²) in [6.07, 6.45) is 4.71. The molecule has 3 rings (SSSR count). The van der Waals surface area contributed by atoms with Gasteiger partial charge < -0.3 is 14.6 Å². The second kappa shape index (κ2) is 7.08. The number of nitrogens with one attached hydrogen (secondary N) is 1. The number of carbonyl (C=O) groups is 2. The Balaban J connectivity index is 1.64. The monoisotopic (exact) mass is 340 g/mol. The minimum Gasteiger partial charge on any atom is -0.497 e. The summed E-state index contributed by atoms with van der Waals surface area (Å²) < 4.78 is 10.2. The van der Waals surface area contributed by atoms with Crippen molar-refractivity contribution in [1.82, 2.24) is 15.5 Å². The van der Waals surface area contributed by atoms with Gasteiger partial charge in [0.25, 0.3) is 11.8 Å². The molecule has 8 heteroatoms. The highest BCUT2D eigenvalue weighted by Gasteiger charge is 2.24. The zero-order valence-electron chi connectivity index (χ0n) is 13.7. The lowest BCUT2D eigenvalue weighted by Gasteiger charge is -2.08. The number of ether oxygens (including phenoxy) is 1. The molecular weight excluding hydrogens is 324 g/mol. The van der Waals surface area contributed by atoms with Crippen molar-refractivity contribution in [2.75, 3.05) is 7.11 Å². The molecule has 1 atom stereocenters. The van der Waals surface area contributed by atoms with Gasteiger partial charge in [0.2, 0.25) is 5.89 Å². The molecular formula is C17H16N4O4. The summed E-state index contributed by atoms with van der Waals surface area (Å²) in [5.41, 5.74) is 1.32. The fourth-order valence-electron chi connectivity index (χ4n) is 2.37. The van der Waals surface area contributed by atoms with Gasteiger partial charge in [-0.1, -0.05) is 11.2 Å². The Kier molecular flexibility index (Phi) is 4.69. The number of hydrogen-bond acceptors (Lipinski definition) is 6. The van der Waals surface area contributed by atoms with Crippen LogP contribution in [0.4, 0.5) is 0 Å². The second-order valence-electron chi connectivity index (χ2n) is 5.39. The summed E-state index contributed by atoms with van der Waals surface area (Å²) in [5, 5.41) is 6.49. The molecule has 25 heavy (non-hydrogen) atoms. The summed E-state index contributed by atoms with van der Waals surface area (Å²) >= 11 is 0. The van der Waals surface area contributed by atoms with E-state index in [1.165, 1.54) is 6.21 Å². The zero-order valence-corrected chi connectivity index (χ0v) is 13.7. The van der Waals surface area contributed by atoms with Crippen molar-refractivity contribution in [2.24, 2.45) is 4.99 Å². The molecule has 128 valence electrons. The molecule has 1 aromatic carbocycles. The number of hydrogen-bond donors (Lipinski definition) is 1. The summed E-state index contributed by atoms with van der Waals surface area (Å²) in [6, 6.07) is 5.18. The molecule has 2 amide bonds. The normalized spacial score (nSPS) is 16.1. The molecule has 2 aromatic rings. The van der Waals surface area contributed by atoms with Gasteiger partial charge in [0.1, 0.15) is 11.7 Å². The van der Waals surface area contributed by atoms with Gasteiger partial charge in [-0.3, -0.25) is 9.59 Å². The number of dihydropyridines is 1. The van der Waals surface area contributed by atoms with E-state index in [2.05, 4.69) is 20.4 Å². The minimum absolute atomic E-state index is 0.0607. The molecule has 1 N–H and O–H groups in total. The smallest absolute Gasteiger partial charge is 0.260 e. The Hall–Kier alpha value is -3.29. The van der Waals surface area contributed by atoms with Crippen LogP contribution in [0.5, 0.6) is 5.75 Å². The number of aromatic nitrogens is 2. The van der Waals surface area contributed by atoms with Crippen molar-refractivity contribution in [3.8, 4) is 5.75 Å². The Morgan fingerprint density at radius 1 is 1.40 bits per heavy atom. The van der Waals surface area contributed by atoms with Crippen molar-refractivity contribution in [3.63, 3.8) is 0 Å². The lowest BCUT2D eigenvalue weighted by molar-refractivity contribution is -0.118. The summed E-state index contributed by atoms with van der Waals surface area (Å²) in [7, 11) is 1.57. The molecule has 0 fully saturated rings. The summed E-state index contributed by atoms with van der Waals surface area (Å²) in [4.78, 5) is 31.8. The molecule has 1 unspecified atom stereocenters. The third kappa shape index (κ3) is 3.63. The Bertz CT molecular complexity index is 869. The van der Waals surface area contributed by atoms with Gasteiger partial charge in [0.05, 0.1) is 13.7 Å². The molecule has 0 aliphatic carbocycles. The van der Waals surface area contributed by atoms with Crippen LogP contribution in [-0.4, -0.2) is 35.3 Å². The van der Waals surface area contributed by atoms with Crippen LogP contribution in [-0.2, 0) is 11.3 Å². The number of nitrogens with zero attached hydrogens (tertiary/aromatic N) is 3. The fourth-order valence-corrected chi connectivity index (χ4v) is 2.37. The van der Waals surface area contributed by atoms with Gasteiger partial charge in [-0.15, -0.1) is 0 Å². The second-order valence-corrected chi connectivity index (χ2v) is 5.39. The Labute approximate surface area is 143 Å². The maximum atomic E-state index is 12.3. The molecule has 0 saturated heterocycles. The average molecular weight is 340 g/mol. The van der Waals surface area contributed by atoms with E-state index in [9.17, 15) is 9.59 Å². The number of methoxy groups -OCH3 is 1. The number of benzene rings is 1. The van der Waals surface area contributed by atoms with E-state index in [0.717, 1.165) is 5.56 Å². The van der Waals surface area contributed by atoms with Crippen molar-refractivity contribution in [2.45, 2.75) is 19.4 Å². The van der Waals surface area contributed by atoms with E-state index < -0.39 is 5.92 Å². The van der Waals surface area contributed by atoms with Crippen LogP contribution >= 0.6 is 0 Å². The van der Waals surface area contributed by atoms with Gasteiger partial charge in [-0.2, -0.15) is 4.98 Å². The number of amides is 2. The molecule has 0 bridgehead atoms. The molecule has 2 heterocycles. The van der Waals surface area contributed by atoms with Crippen LogP contribution in [0, 0.1) is 6.92 Å². The fraction of sp³-hybridized carbons (Fsp3) is 0.235. The van der Waals surface area contributed by atoms with Gasteiger partial charge in [0, 0.05) is 11.8 Å². The van der Waals surface area contributed by atoms with Crippen molar-refractivity contribution in [1.29, 1.82) is 0 Å². The molecule has 1 aliphatic heterocycles. The maximum absolute atomic E-state index is 12.3. The highest BCUT2D eigenvalue weighted by Crippen LogP contribution is 2.19. The van der Waals surface area contributed by atoms with Crippen LogP contribution < -0.4 is 10.1 Å². The first kappa shape index (κ1) is 16.6. The third-order valence-electron chi connectivity index (χ3n) is 3.70. The highest BCUT2D eigenvalue weighted by molar-refractivity contribution is 5.97. The Morgan fingerprint density at radius 3 is 2.96 bits per heavy atom. The molecule has 8 nitrogen and oxygen atoms in total. The van der Waals surface area contributed by atoms with Gasteiger partial charge in [0.15, 0.2) is 5.82 Å². The molecule has 0 radical (unpaired) electrons. The number of rotatable bonds is 5. The van der Waals surface area contributed by atoms with Crippen LogP contribution in [0.15, 0.2) is 39.9 Å². The SMILES string of the molecule is COc1ccc(C(=O)NCc2nc(C3C=CC=NC3=O)no2)c(C)c1.